The normalized spacial score (nSPS) is 23.4. The first-order valence-electron chi connectivity index (χ1n) is 7.47. The molecule has 2 nitrogen and oxygen atoms in total. The highest BCUT2D eigenvalue weighted by molar-refractivity contribution is 5.90. The van der Waals surface area contributed by atoms with Crippen LogP contribution < -0.4 is 5.32 Å². The third-order valence-corrected chi connectivity index (χ3v) is 4.42. The van der Waals surface area contributed by atoms with E-state index in [2.05, 4.69) is 41.5 Å². The molecule has 2 heteroatoms. The second kappa shape index (κ2) is 5.60. The van der Waals surface area contributed by atoms with E-state index in [4.69, 9.17) is 0 Å². The first-order chi connectivity index (χ1) is 9.36. The number of hydrogen-bond acceptors (Lipinski definition) is 2. The standard InChI is InChI=1S/C17H22N2/c1-2-13-8-10-15(11-9-13)19-16-7-3-5-14-6-4-12-18-17(14)16/h3-7,12-13,15,19H,2,8-11H2,1H3. The average molecular weight is 254 g/mol. The smallest absolute Gasteiger partial charge is 0.0933 e. The lowest BCUT2D eigenvalue weighted by molar-refractivity contribution is 0.330. The van der Waals surface area contributed by atoms with Crippen LogP contribution in [0.2, 0.25) is 0 Å². The predicted molar refractivity (Wildman–Crippen MR) is 81.4 cm³/mol. The molecule has 0 amide bonds. The summed E-state index contributed by atoms with van der Waals surface area (Å²) in [6.45, 7) is 2.31. The van der Waals surface area contributed by atoms with E-state index in [1.165, 1.54) is 43.2 Å². The van der Waals surface area contributed by atoms with Crippen LogP contribution in [0.3, 0.4) is 0 Å². The van der Waals surface area contributed by atoms with Crippen LogP contribution in [-0.2, 0) is 0 Å². The van der Waals surface area contributed by atoms with Gasteiger partial charge >= 0.3 is 0 Å². The number of anilines is 1. The summed E-state index contributed by atoms with van der Waals surface area (Å²) < 4.78 is 0. The van der Waals surface area contributed by atoms with Crippen molar-refractivity contribution in [3.63, 3.8) is 0 Å². The number of nitrogens with zero attached hydrogens (tertiary/aromatic N) is 1. The summed E-state index contributed by atoms with van der Waals surface area (Å²) in [6.07, 6.45) is 8.53. The van der Waals surface area contributed by atoms with E-state index in [0.29, 0.717) is 6.04 Å². The molecule has 1 aliphatic rings. The van der Waals surface area contributed by atoms with E-state index in [1.54, 1.807) is 0 Å². The van der Waals surface area contributed by atoms with E-state index in [1.807, 2.05) is 12.3 Å². The van der Waals surface area contributed by atoms with Gasteiger partial charge in [0.1, 0.15) is 0 Å². The maximum Gasteiger partial charge on any atom is 0.0933 e. The van der Waals surface area contributed by atoms with Crippen LogP contribution in [0.1, 0.15) is 39.0 Å². The van der Waals surface area contributed by atoms with Crippen molar-refractivity contribution in [3.8, 4) is 0 Å². The molecule has 1 fully saturated rings. The molecule has 19 heavy (non-hydrogen) atoms. The second-order valence-electron chi connectivity index (χ2n) is 5.65. The van der Waals surface area contributed by atoms with Crippen molar-refractivity contribution < 1.29 is 0 Å². The van der Waals surface area contributed by atoms with E-state index >= 15 is 0 Å². The molecule has 3 rings (SSSR count). The van der Waals surface area contributed by atoms with Gasteiger partial charge < -0.3 is 5.32 Å². The van der Waals surface area contributed by atoms with Gasteiger partial charge in [-0.15, -0.1) is 0 Å². The van der Waals surface area contributed by atoms with Crippen molar-refractivity contribution in [2.75, 3.05) is 5.32 Å². The molecule has 100 valence electrons. The summed E-state index contributed by atoms with van der Waals surface area (Å²) >= 11 is 0. The summed E-state index contributed by atoms with van der Waals surface area (Å²) in [5.41, 5.74) is 2.29. The third kappa shape index (κ3) is 2.73. The molecule has 0 aliphatic heterocycles. The highest BCUT2D eigenvalue weighted by atomic mass is 14.9. The quantitative estimate of drug-likeness (QED) is 0.864. The van der Waals surface area contributed by atoms with E-state index < -0.39 is 0 Å². The molecule has 0 unspecified atom stereocenters. The molecule has 0 bridgehead atoms. The summed E-state index contributed by atoms with van der Waals surface area (Å²) in [7, 11) is 0. The van der Waals surface area contributed by atoms with Gasteiger partial charge in [-0.3, -0.25) is 4.98 Å². The van der Waals surface area contributed by atoms with Crippen LogP contribution in [0.15, 0.2) is 36.5 Å². The van der Waals surface area contributed by atoms with Crippen molar-refractivity contribution in [1.82, 2.24) is 4.98 Å². The monoisotopic (exact) mass is 254 g/mol. The van der Waals surface area contributed by atoms with Gasteiger partial charge in [-0.1, -0.05) is 31.5 Å². The zero-order valence-corrected chi connectivity index (χ0v) is 11.6. The van der Waals surface area contributed by atoms with Gasteiger partial charge in [0.25, 0.3) is 0 Å². The Morgan fingerprint density at radius 1 is 1.11 bits per heavy atom. The zero-order chi connectivity index (χ0) is 13.1. The van der Waals surface area contributed by atoms with Gasteiger partial charge in [0.15, 0.2) is 0 Å². The third-order valence-electron chi connectivity index (χ3n) is 4.42. The van der Waals surface area contributed by atoms with Gasteiger partial charge in [-0.25, -0.2) is 0 Å². The molecule has 1 heterocycles. The topological polar surface area (TPSA) is 24.9 Å². The summed E-state index contributed by atoms with van der Waals surface area (Å²) in [5.74, 6) is 0.948. The first kappa shape index (κ1) is 12.5. The Labute approximate surface area is 115 Å². The Bertz CT molecular complexity index is 536. The lowest BCUT2D eigenvalue weighted by atomic mass is 9.84. The molecule has 1 saturated carbocycles. The highest BCUT2D eigenvalue weighted by Crippen LogP contribution is 2.30. The lowest BCUT2D eigenvalue weighted by Gasteiger charge is -2.29. The van der Waals surface area contributed by atoms with Crippen LogP contribution in [0.5, 0.6) is 0 Å². The van der Waals surface area contributed by atoms with Gasteiger partial charge in [-0.2, -0.15) is 0 Å². The van der Waals surface area contributed by atoms with Gasteiger partial charge in [0, 0.05) is 17.6 Å². The largest absolute Gasteiger partial charge is 0.381 e. The van der Waals surface area contributed by atoms with Crippen LogP contribution in [0, 0.1) is 5.92 Å². The minimum atomic E-state index is 0.621. The molecular weight excluding hydrogens is 232 g/mol. The van der Waals surface area contributed by atoms with E-state index in [-0.39, 0.29) is 0 Å². The van der Waals surface area contributed by atoms with Crippen LogP contribution in [-0.4, -0.2) is 11.0 Å². The number of hydrogen-bond donors (Lipinski definition) is 1. The summed E-state index contributed by atoms with van der Waals surface area (Å²) in [6, 6.07) is 11.1. The fraction of sp³-hybridized carbons (Fsp3) is 0.471. The molecule has 0 saturated heterocycles. The van der Waals surface area contributed by atoms with Crippen molar-refractivity contribution in [1.29, 1.82) is 0 Å². The fourth-order valence-corrected chi connectivity index (χ4v) is 3.16. The van der Waals surface area contributed by atoms with Crippen molar-refractivity contribution in [2.24, 2.45) is 5.92 Å². The van der Waals surface area contributed by atoms with Gasteiger partial charge in [-0.05, 0) is 43.7 Å². The molecular formula is C17H22N2. The second-order valence-corrected chi connectivity index (χ2v) is 5.65. The molecule has 0 spiro atoms. The minimum Gasteiger partial charge on any atom is -0.381 e. The summed E-state index contributed by atoms with van der Waals surface area (Å²) in [5, 5.41) is 4.92. The van der Waals surface area contributed by atoms with Gasteiger partial charge in [0.2, 0.25) is 0 Å². The molecule has 0 radical (unpaired) electrons. The lowest BCUT2D eigenvalue weighted by Crippen LogP contribution is -2.26. The number of fused-ring (bicyclic) bond motifs is 1. The average Bonchev–Trinajstić information content (AvgIpc) is 2.48. The Kier molecular flexibility index (Phi) is 3.67. The maximum absolute atomic E-state index is 4.52. The first-order valence-corrected chi connectivity index (χ1v) is 7.47. The maximum atomic E-state index is 4.52. The molecule has 1 aromatic heterocycles. The minimum absolute atomic E-state index is 0.621. The Hall–Kier alpha value is -1.57. The van der Waals surface area contributed by atoms with E-state index in [0.717, 1.165) is 11.4 Å². The number of benzene rings is 1. The number of rotatable bonds is 3. The Balaban J connectivity index is 1.75. The van der Waals surface area contributed by atoms with Crippen LogP contribution in [0.4, 0.5) is 5.69 Å². The Morgan fingerprint density at radius 2 is 1.89 bits per heavy atom. The fourth-order valence-electron chi connectivity index (χ4n) is 3.16. The number of para-hydroxylation sites is 1. The number of nitrogens with one attached hydrogen (secondary N) is 1. The summed E-state index contributed by atoms with van der Waals surface area (Å²) in [4.78, 5) is 4.52. The molecule has 1 N–H and O–H groups in total. The number of aromatic nitrogens is 1. The van der Waals surface area contributed by atoms with Crippen molar-refractivity contribution in [3.05, 3.63) is 36.5 Å². The van der Waals surface area contributed by atoms with Crippen molar-refractivity contribution >= 4 is 16.6 Å². The number of pyridine rings is 1. The predicted octanol–water partition coefficient (Wildman–Crippen LogP) is 4.62. The van der Waals surface area contributed by atoms with Crippen LogP contribution >= 0.6 is 0 Å². The zero-order valence-electron chi connectivity index (χ0n) is 11.6. The molecule has 0 atom stereocenters. The SMILES string of the molecule is CCC1CCC(Nc2cccc3cccnc23)CC1. The molecule has 2 aromatic rings. The Morgan fingerprint density at radius 3 is 2.68 bits per heavy atom. The van der Waals surface area contributed by atoms with Gasteiger partial charge in [0.05, 0.1) is 11.2 Å². The van der Waals surface area contributed by atoms with Crippen molar-refractivity contribution in [2.45, 2.75) is 45.1 Å². The molecule has 1 aliphatic carbocycles. The molecule has 1 aromatic carbocycles. The highest BCUT2D eigenvalue weighted by Gasteiger charge is 2.20. The van der Waals surface area contributed by atoms with Crippen LogP contribution in [0.25, 0.3) is 10.9 Å². The van der Waals surface area contributed by atoms with E-state index in [9.17, 15) is 0 Å².